The summed E-state index contributed by atoms with van der Waals surface area (Å²) in [7, 11) is 0.258. The van der Waals surface area contributed by atoms with Crippen LogP contribution in [0.25, 0.3) is 0 Å². The maximum atomic E-state index is 15.4. The van der Waals surface area contributed by atoms with Gasteiger partial charge in [-0.05, 0) is 73.1 Å². The van der Waals surface area contributed by atoms with Crippen LogP contribution in [0.4, 0.5) is 15.8 Å². The first kappa shape index (κ1) is 27.4. The van der Waals surface area contributed by atoms with Crippen LogP contribution < -0.4 is 15.5 Å². The van der Waals surface area contributed by atoms with Crippen molar-refractivity contribution in [2.24, 2.45) is 17.8 Å². The Hall–Kier alpha value is -2.62. The van der Waals surface area contributed by atoms with E-state index in [1.165, 1.54) is 6.07 Å². The zero-order chi connectivity index (χ0) is 26.6. The molecule has 0 aliphatic heterocycles. The highest BCUT2D eigenvalue weighted by Gasteiger charge is 2.44. The van der Waals surface area contributed by atoms with Gasteiger partial charge in [0, 0.05) is 36.3 Å². The summed E-state index contributed by atoms with van der Waals surface area (Å²) in [4.78, 5) is 2.00. The minimum absolute atomic E-state index is 0.171. The van der Waals surface area contributed by atoms with Crippen molar-refractivity contribution >= 4 is 24.0 Å². The van der Waals surface area contributed by atoms with Gasteiger partial charge in [-0.15, -0.1) is 0 Å². The summed E-state index contributed by atoms with van der Waals surface area (Å²) in [6.07, 6.45) is 2.86. The molecule has 1 saturated carbocycles. The molecule has 198 valence electrons. The molecule has 1 fully saturated rings. The van der Waals surface area contributed by atoms with Gasteiger partial charge in [0.15, 0.2) is 0 Å². The Morgan fingerprint density at radius 3 is 2.22 bits per heavy atom. The van der Waals surface area contributed by atoms with Crippen molar-refractivity contribution in [2.45, 2.75) is 51.9 Å². The third-order valence-electron chi connectivity index (χ3n) is 7.60. The molecule has 4 nitrogen and oxygen atoms in total. The summed E-state index contributed by atoms with van der Waals surface area (Å²) in [5.41, 5.74) is 2.11. The Balaban J connectivity index is 1.86. The molecule has 0 bridgehead atoms. The molecule has 4 rings (SSSR count). The lowest BCUT2D eigenvalue weighted by molar-refractivity contribution is 0.0488. The standard InChI is InChI=1S/C31H40FN2O2P/c1-22(2)27-20-15-23(3)21-30(27)36-37(35,26-18-16-25(17-19-26)34(4)5)31(28-13-9-10-14-29(28)32)33-24-11-7-6-8-12-24/h6-14,16-19,22-23,27,30-31,33H,15,20-21H2,1-5H3/t23-,27+,30-,31+,37+/m1/s1. The smallest absolute Gasteiger partial charge is 0.258 e. The molecular formula is C31H40FN2O2P. The number of anilines is 2. The fraction of sp³-hybridized carbons (Fsp3) is 0.419. The second-order valence-electron chi connectivity index (χ2n) is 10.9. The SMILES string of the molecule is CC(C)[C@@H]1CC[C@@H](C)C[C@H]1O[P@@](=O)(c1ccc(N(C)C)cc1)[C@H](Nc1ccccc1)c1ccccc1F. The van der Waals surface area contributed by atoms with Crippen LogP contribution in [-0.2, 0) is 9.09 Å². The van der Waals surface area contributed by atoms with Crippen LogP contribution in [0.3, 0.4) is 0 Å². The summed E-state index contributed by atoms with van der Waals surface area (Å²) in [6.45, 7) is 6.66. The normalized spacial score (nSPS) is 22.3. The molecule has 0 spiro atoms. The van der Waals surface area contributed by atoms with Gasteiger partial charge in [0.05, 0.1) is 6.10 Å². The molecule has 5 atom stereocenters. The fourth-order valence-electron chi connectivity index (χ4n) is 5.40. The number of halogens is 1. The zero-order valence-electron chi connectivity index (χ0n) is 22.6. The van der Waals surface area contributed by atoms with Crippen molar-refractivity contribution in [2.75, 3.05) is 24.3 Å². The van der Waals surface area contributed by atoms with Crippen LogP contribution in [0.5, 0.6) is 0 Å². The fourth-order valence-corrected chi connectivity index (χ4v) is 8.05. The van der Waals surface area contributed by atoms with Gasteiger partial charge >= 0.3 is 0 Å². The van der Waals surface area contributed by atoms with E-state index in [1.54, 1.807) is 18.2 Å². The van der Waals surface area contributed by atoms with Gasteiger partial charge in [0.25, 0.3) is 7.37 Å². The largest absolute Gasteiger partial charge is 0.378 e. The van der Waals surface area contributed by atoms with Crippen molar-refractivity contribution in [3.8, 4) is 0 Å². The maximum Gasteiger partial charge on any atom is 0.258 e. The van der Waals surface area contributed by atoms with E-state index in [0.717, 1.165) is 30.6 Å². The maximum absolute atomic E-state index is 15.4. The van der Waals surface area contributed by atoms with Crippen LogP contribution in [0.15, 0.2) is 78.9 Å². The molecule has 3 aromatic rings. The second-order valence-corrected chi connectivity index (χ2v) is 13.3. The first-order valence-corrected chi connectivity index (χ1v) is 15.0. The monoisotopic (exact) mass is 522 g/mol. The summed E-state index contributed by atoms with van der Waals surface area (Å²) >= 11 is 0. The van der Waals surface area contributed by atoms with Gasteiger partial charge in [-0.3, -0.25) is 4.57 Å². The van der Waals surface area contributed by atoms with E-state index in [1.807, 2.05) is 73.6 Å². The first-order valence-electron chi connectivity index (χ1n) is 13.3. The van der Waals surface area contributed by atoms with E-state index in [4.69, 9.17) is 4.52 Å². The third-order valence-corrected chi connectivity index (χ3v) is 10.3. The molecule has 0 heterocycles. The first-order chi connectivity index (χ1) is 17.7. The molecule has 0 unspecified atom stereocenters. The Morgan fingerprint density at radius 2 is 1.59 bits per heavy atom. The average molecular weight is 523 g/mol. The summed E-state index contributed by atoms with van der Waals surface area (Å²) in [5, 5.41) is 4.01. The number of nitrogens with zero attached hydrogens (tertiary/aromatic N) is 1. The van der Waals surface area contributed by atoms with E-state index in [0.29, 0.717) is 28.6 Å². The number of hydrogen-bond donors (Lipinski definition) is 1. The molecule has 1 N–H and O–H groups in total. The average Bonchev–Trinajstić information content (AvgIpc) is 2.88. The second kappa shape index (κ2) is 11.8. The lowest BCUT2D eigenvalue weighted by Crippen LogP contribution is -2.36. The summed E-state index contributed by atoms with van der Waals surface area (Å²) < 4.78 is 37.7. The predicted molar refractivity (Wildman–Crippen MR) is 153 cm³/mol. The number of rotatable bonds is 9. The van der Waals surface area contributed by atoms with Crippen molar-refractivity contribution in [3.05, 3.63) is 90.2 Å². The van der Waals surface area contributed by atoms with Gasteiger partial charge in [-0.2, -0.15) is 0 Å². The van der Waals surface area contributed by atoms with Gasteiger partial charge in [-0.1, -0.05) is 63.6 Å². The lowest BCUT2D eigenvalue weighted by atomic mass is 9.75. The Labute approximate surface area is 221 Å². The Bertz CT molecular complexity index is 1200. The molecule has 3 aromatic carbocycles. The topological polar surface area (TPSA) is 41.6 Å². The van der Waals surface area contributed by atoms with Gasteiger partial charge in [0.1, 0.15) is 11.6 Å². The van der Waals surface area contributed by atoms with E-state index in [-0.39, 0.29) is 6.10 Å². The molecule has 1 aliphatic carbocycles. The highest BCUT2D eigenvalue weighted by atomic mass is 31.2. The third kappa shape index (κ3) is 6.27. The number of benzene rings is 3. The van der Waals surface area contributed by atoms with Crippen LogP contribution in [-0.4, -0.2) is 20.2 Å². The molecule has 6 heteroatoms. The van der Waals surface area contributed by atoms with E-state index < -0.39 is 19.0 Å². The lowest BCUT2D eigenvalue weighted by Gasteiger charge is -2.41. The van der Waals surface area contributed by atoms with Crippen molar-refractivity contribution in [1.29, 1.82) is 0 Å². The zero-order valence-corrected chi connectivity index (χ0v) is 23.5. The minimum Gasteiger partial charge on any atom is -0.378 e. The van der Waals surface area contributed by atoms with Crippen LogP contribution in [0.1, 0.15) is 51.4 Å². The van der Waals surface area contributed by atoms with Crippen LogP contribution in [0.2, 0.25) is 0 Å². The molecule has 0 amide bonds. The highest BCUT2D eigenvalue weighted by Crippen LogP contribution is 2.62. The van der Waals surface area contributed by atoms with E-state index in [2.05, 4.69) is 26.1 Å². The quantitative estimate of drug-likeness (QED) is 0.289. The predicted octanol–water partition coefficient (Wildman–Crippen LogP) is 8.08. The van der Waals surface area contributed by atoms with Gasteiger partial charge in [0.2, 0.25) is 0 Å². The van der Waals surface area contributed by atoms with E-state index >= 15 is 8.96 Å². The van der Waals surface area contributed by atoms with Crippen molar-refractivity contribution < 1.29 is 13.5 Å². The van der Waals surface area contributed by atoms with Crippen LogP contribution in [0, 0.1) is 23.6 Å². The molecule has 0 aromatic heterocycles. The molecule has 0 radical (unpaired) electrons. The summed E-state index contributed by atoms with van der Waals surface area (Å²) in [5.74, 6) is -0.105. The van der Waals surface area contributed by atoms with Gasteiger partial charge < -0.3 is 14.7 Å². The molecule has 1 aliphatic rings. The highest BCUT2D eigenvalue weighted by molar-refractivity contribution is 7.67. The van der Waals surface area contributed by atoms with Gasteiger partial charge in [-0.25, -0.2) is 4.39 Å². The Morgan fingerprint density at radius 1 is 0.946 bits per heavy atom. The molecular weight excluding hydrogens is 482 g/mol. The number of nitrogens with one attached hydrogen (secondary N) is 1. The van der Waals surface area contributed by atoms with E-state index in [9.17, 15) is 0 Å². The minimum atomic E-state index is -3.69. The Kier molecular flexibility index (Phi) is 8.77. The van der Waals surface area contributed by atoms with Crippen LogP contribution >= 0.6 is 7.37 Å². The molecule has 0 saturated heterocycles. The number of hydrogen-bond acceptors (Lipinski definition) is 4. The number of para-hydroxylation sites is 1. The van der Waals surface area contributed by atoms with Crippen molar-refractivity contribution in [1.82, 2.24) is 0 Å². The molecule has 37 heavy (non-hydrogen) atoms. The summed E-state index contributed by atoms with van der Waals surface area (Å²) in [6, 6.07) is 23.8. The van der Waals surface area contributed by atoms with Crippen molar-refractivity contribution in [3.63, 3.8) is 0 Å².